The van der Waals surface area contributed by atoms with E-state index in [0.717, 1.165) is 17.7 Å². The zero-order valence-corrected chi connectivity index (χ0v) is 12.0. The number of hydrogen-bond acceptors (Lipinski definition) is 2. The summed E-state index contributed by atoms with van der Waals surface area (Å²) in [7, 11) is 1.50. The molecule has 0 aliphatic rings. The molecule has 2 aromatic carbocycles. The molecule has 0 spiro atoms. The highest BCUT2D eigenvalue weighted by atomic mass is 19.4. The second-order valence-corrected chi connectivity index (χ2v) is 4.67. The van der Waals surface area contributed by atoms with Gasteiger partial charge in [-0.2, -0.15) is 13.2 Å². The fourth-order valence-electron chi connectivity index (χ4n) is 1.98. The van der Waals surface area contributed by atoms with E-state index in [9.17, 15) is 13.2 Å². The molecule has 0 aliphatic carbocycles. The average Bonchev–Trinajstić information content (AvgIpc) is 2.54. The molecule has 2 rings (SSSR count). The van der Waals surface area contributed by atoms with E-state index in [1.165, 1.54) is 19.2 Å². The Bertz CT molecular complexity index is 645. The Balaban J connectivity index is 2.22. The van der Waals surface area contributed by atoms with Crippen LogP contribution in [0.5, 0.6) is 5.75 Å². The largest absolute Gasteiger partial charge is 0.486 e. The zero-order chi connectivity index (χ0) is 17.8. The van der Waals surface area contributed by atoms with Crippen LogP contribution >= 0.6 is 0 Å². The molecule has 1 atom stereocenters. The quantitative estimate of drug-likeness (QED) is 0.852. The van der Waals surface area contributed by atoms with Crippen LogP contribution in [0.3, 0.4) is 0 Å². The van der Waals surface area contributed by atoms with Crippen LogP contribution in [0.1, 0.15) is 26.4 Å². The van der Waals surface area contributed by atoms with E-state index in [1.54, 1.807) is 24.3 Å². The van der Waals surface area contributed by atoms with Gasteiger partial charge in [-0.15, -0.1) is 0 Å². The summed E-state index contributed by atoms with van der Waals surface area (Å²) in [6.45, 7) is -1.67. The highest BCUT2D eigenvalue weighted by Crippen LogP contribution is 2.31. The van der Waals surface area contributed by atoms with Crippen molar-refractivity contribution in [3.8, 4) is 5.75 Å². The molecular formula is C17H18F3NO. The second-order valence-electron chi connectivity index (χ2n) is 4.67. The predicted molar refractivity (Wildman–Crippen MR) is 79.8 cm³/mol. The van der Waals surface area contributed by atoms with Gasteiger partial charge in [0.25, 0.3) is 0 Å². The number of nitrogens with one attached hydrogen (secondary N) is 1. The molecule has 0 saturated carbocycles. The Hall–Kier alpha value is -2.01. The summed E-state index contributed by atoms with van der Waals surface area (Å²) in [5.74, 6) is 0.253. The second kappa shape index (κ2) is 7.31. The fourth-order valence-corrected chi connectivity index (χ4v) is 1.98. The smallest absolute Gasteiger partial charge is 0.416 e. The van der Waals surface area contributed by atoms with E-state index in [0.29, 0.717) is 0 Å². The minimum Gasteiger partial charge on any atom is -0.486 e. The summed E-state index contributed by atoms with van der Waals surface area (Å²) in [6.07, 6.45) is -5.03. The number of halogens is 3. The SMILES string of the molecule is [2H]C([2H])(C[C@H](Oc1ccc(C(F)(F)F)cc1)c1ccccc1)NC. The average molecular weight is 311 g/mol. The number of benzene rings is 2. The van der Waals surface area contributed by atoms with Gasteiger partial charge >= 0.3 is 6.18 Å². The van der Waals surface area contributed by atoms with Gasteiger partial charge in [-0.05, 0) is 43.4 Å². The summed E-state index contributed by atoms with van der Waals surface area (Å²) in [4.78, 5) is 0. The van der Waals surface area contributed by atoms with E-state index >= 15 is 0 Å². The molecule has 0 aromatic heterocycles. The number of ether oxygens (including phenoxy) is 1. The number of alkyl halides is 3. The van der Waals surface area contributed by atoms with Crippen LogP contribution in [-0.4, -0.2) is 13.5 Å². The third kappa shape index (κ3) is 4.49. The third-order valence-corrected chi connectivity index (χ3v) is 3.10. The molecule has 0 amide bonds. The van der Waals surface area contributed by atoms with Gasteiger partial charge in [-0.3, -0.25) is 0 Å². The van der Waals surface area contributed by atoms with Gasteiger partial charge < -0.3 is 10.1 Å². The van der Waals surface area contributed by atoms with Gasteiger partial charge in [0.2, 0.25) is 0 Å². The zero-order valence-electron chi connectivity index (χ0n) is 14.0. The van der Waals surface area contributed by atoms with E-state index < -0.39 is 24.3 Å². The van der Waals surface area contributed by atoms with Crippen molar-refractivity contribution in [1.29, 1.82) is 0 Å². The number of hydrogen-bond donors (Lipinski definition) is 1. The van der Waals surface area contributed by atoms with Crippen molar-refractivity contribution < 1.29 is 20.6 Å². The minimum atomic E-state index is -4.40. The Morgan fingerprint density at radius 1 is 1.09 bits per heavy atom. The lowest BCUT2D eigenvalue weighted by molar-refractivity contribution is -0.137. The molecule has 0 unspecified atom stereocenters. The van der Waals surface area contributed by atoms with E-state index in [-0.39, 0.29) is 12.2 Å². The van der Waals surface area contributed by atoms with Crippen molar-refractivity contribution in [2.45, 2.75) is 18.7 Å². The molecule has 2 nitrogen and oxygen atoms in total. The molecular weight excluding hydrogens is 291 g/mol. The molecule has 0 bridgehead atoms. The predicted octanol–water partition coefficient (Wildman–Crippen LogP) is 4.44. The highest BCUT2D eigenvalue weighted by molar-refractivity contribution is 5.30. The van der Waals surface area contributed by atoms with Crippen LogP contribution < -0.4 is 10.1 Å². The van der Waals surface area contributed by atoms with Gasteiger partial charge in [0.05, 0.1) is 5.56 Å². The third-order valence-electron chi connectivity index (χ3n) is 3.10. The summed E-state index contributed by atoms with van der Waals surface area (Å²) < 4.78 is 59.3. The lowest BCUT2D eigenvalue weighted by Gasteiger charge is -2.20. The molecule has 0 radical (unpaired) electrons. The van der Waals surface area contributed by atoms with Crippen molar-refractivity contribution >= 4 is 0 Å². The molecule has 22 heavy (non-hydrogen) atoms. The van der Waals surface area contributed by atoms with Crippen LogP contribution in [0.2, 0.25) is 0 Å². The molecule has 0 saturated heterocycles. The maximum atomic E-state index is 12.6. The van der Waals surface area contributed by atoms with E-state index in [1.807, 2.05) is 6.07 Å². The summed E-state index contributed by atoms with van der Waals surface area (Å²) in [5.41, 5.74) is -0.00631. The van der Waals surface area contributed by atoms with Gasteiger partial charge in [0.15, 0.2) is 0 Å². The summed E-state index contributed by atoms with van der Waals surface area (Å²) in [5, 5.41) is 2.56. The Morgan fingerprint density at radius 2 is 1.73 bits per heavy atom. The first-order chi connectivity index (χ1) is 11.2. The lowest BCUT2D eigenvalue weighted by atomic mass is 10.1. The van der Waals surface area contributed by atoms with Crippen LogP contribution in [0.4, 0.5) is 13.2 Å². The monoisotopic (exact) mass is 311 g/mol. The first-order valence-corrected chi connectivity index (χ1v) is 6.79. The van der Waals surface area contributed by atoms with Gasteiger partial charge in [0, 0.05) is 9.16 Å². The Kier molecular flexibility index (Phi) is 4.53. The van der Waals surface area contributed by atoms with E-state index in [4.69, 9.17) is 7.48 Å². The number of rotatable bonds is 6. The van der Waals surface area contributed by atoms with Crippen molar-refractivity contribution in [2.75, 3.05) is 13.5 Å². The van der Waals surface area contributed by atoms with Crippen molar-refractivity contribution in [3.05, 3.63) is 65.7 Å². The molecule has 0 fully saturated rings. The van der Waals surface area contributed by atoms with Crippen molar-refractivity contribution in [3.63, 3.8) is 0 Å². The maximum absolute atomic E-state index is 12.6. The first-order valence-electron chi connectivity index (χ1n) is 7.79. The van der Waals surface area contributed by atoms with Crippen LogP contribution in [0.15, 0.2) is 54.6 Å². The minimum absolute atomic E-state index is 0.00847. The van der Waals surface area contributed by atoms with Crippen LogP contribution in [-0.2, 0) is 6.18 Å². The topological polar surface area (TPSA) is 21.3 Å². The van der Waals surface area contributed by atoms with Crippen LogP contribution in [0, 0.1) is 0 Å². The van der Waals surface area contributed by atoms with Gasteiger partial charge in [-0.25, -0.2) is 0 Å². The molecule has 0 heterocycles. The molecule has 2 aromatic rings. The molecule has 0 aliphatic heterocycles. The summed E-state index contributed by atoms with van der Waals surface area (Å²) >= 11 is 0. The summed E-state index contributed by atoms with van der Waals surface area (Å²) in [6, 6.07) is 13.4. The van der Waals surface area contributed by atoms with Crippen molar-refractivity contribution in [1.82, 2.24) is 5.32 Å². The Labute approximate surface area is 130 Å². The molecule has 118 valence electrons. The lowest BCUT2D eigenvalue weighted by Crippen LogP contribution is -2.16. The van der Waals surface area contributed by atoms with Gasteiger partial charge in [0.1, 0.15) is 11.9 Å². The standard InChI is InChI=1S/C17H18F3NO/c1-21-12-11-16(13-5-3-2-4-6-13)22-15-9-7-14(8-10-15)17(18,19)20/h2-10,16,21H,11-12H2,1H3/t16-/m0/s1/i12D2. The van der Waals surface area contributed by atoms with Gasteiger partial charge in [-0.1, -0.05) is 30.3 Å². The Morgan fingerprint density at radius 3 is 2.27 bits per heavy atom. The first kappa shape index (κ1) is 13.6. The fraction of sp³-hybridized carbons (Fsp3) is 0.294. The van der Waals surface area contributed by atoms with Crippen LogP contribution in [0.25, 0.3) is 0 Å². The maximum Gasteiger partial charge on any atom is 0.416 e. The normalized spacial score (nSPS) is 14.9. The molecule has 5 heteroatoms. The van der Waals surface area contributed by atoms with Crippen molar-refractivity contribution in [2.24, 2.45) is 0 Å². The molecule has 1 N–H and O–H groups in total. The van der Waals surface area contributed by atoms with E-state index in [2.05, 4.69) is 5.32 Å². The highest BCUT2D eigenvalue weighted by Gasteiger charge is 2.30.